The van der Waals surface area contributed by atoms with Crippen LogP contribution in [0.1, 0.15) is 62.6 Å². The highest BCUT2D eigenvalue weighted by atomic mass is 19.4. The standard InChI is InChI=1S/C33H29F3O5.C31H25F3O5/c1-5-38-32(37)15-11-24-10-13-26(18-23(24)4)39-27-16-21(2)17-28(20-27)40-30-14-12-25(33(34,35)36)19-31(30)41-29-9-7-6-8-22(29)3;1-19-14-25(37-24-11-8-22(21(3)16-24)9-13-30(35)36)18-26(15-19)38-28-12-10-23(31(32,33)34)17-29(28)39-27-7-5-4-6-20(27)2/h6-20H,5H2,1-4H3;4-18H,1-3H3,(H,35,36)/b15-11+;13-9+. The lowest BCUT2D eigenvalue weighted by Gasteiger charge is -2.17. The van der Waals surface area contributed by atoms with E-state index in [4.69, 9.17) is 38.3 Å². The first-order chi connectivity index (χ1) is 38.0. The van der Waals surface area contributed by atoms with Crippen LogP contribution in [0.5, 0.6) is 69.0 Å². The summed E-state index contributed by atoms with van der Waals surface area (Å²) in [5.41, 5.74) is 4.70. The molecular weight excluding hydrogens is 1040 g/mol. The zero-order valence-electron chi connectivity index (χ0n) is 44.4. The lowest BCUT2D eigenvalue weighted by Crippen LogP contribution is -2.05. The minimum Gasteiger partial charge on any atom is -0.478 e. The van der Waals surface area contributed by atoms with E-state index >= 15 is 0 Å². The number of carboxylic acid groups (broad SMARTS) is 1. The maximum atomic E-state index is 13.5. The maximum Gasteiger partial charge on any atom is 0.416 e. The van der Waals surface area contributed by atoms with E-state index in [1.807, 2.05) is 58.0 Å². The summed E-state index contributed by atoms with van der Waals surface area (Å²) in [6.45, 7) is 13.1. The van der Waals surface area contributed by atoms with Crippen LogP contribution in [0, 0.1) is 41.5 Å². The number of ether oxygens (including phenoxy) is 7. The van der Waals surface area contributed by atoms with E-state index < -0.39 is 35.4 Å². The fourth-order valence-corrected chi connectivity index (χ4v) is 7.77. The van der Waals surface area contributed by atoms with Gasteiger partial charge >= 0.3 is 24.3 Å². The van der Waals surface area contributed by atoms with Crippen LogP contribution in [0.2, 0.25) is 0 Å². The predicted molar refractivity (Wildman–Crippen MR) is 293 cm³/mol. The van der Waals surface area contributed by atoms with Gasteiger partial charge in [-0.15, -0.1) is 0 Å². The Kier molecular flexibility index (Phi) is 18.8. The largest absolute Gasteiger partial charge is 0.478 e. The summed E-state index contributed by atoms with van der Waals surface area (Å²) in [6, 6.07) is 41.2. The van der Waals surface area contributed by atoms with E-state index in [-0.39, 0.29) is 23.0 Å². The molecule has 0 radical (unpaired) electrons. The number of aliphatic carboxylic acids is 1. The van der Waals surface area contributed by atoms with Crippen LogP contribution in [0.4, 0.5) is 26.3 Å². The smallest absolute Gasteiger partial charge is 0.416 e. The molecule has 0 saturated heterocycles. The van der Waals surface area contributed by atoms with Crippen molar-refractivity contribution in [3.8, 4) is 69.0 Å². The summed E-state index contributed by atoms with van der Waals surface area (Å²) in [5, 5.41) is 8.84. The van der Waals surface area contributed by atoms with Crippen molar-refractivity contribution in [1.82, 2.24) is 0 Å². The molecule has 0 amide bonds. The van der Waals surface area contributed by atoms with Gasteiger partial charge in [0.05, 0.1) is 17.7 Å². The van der Waals surface area contributed by atoms with E-state index in [0.29, 0.717) is 52.6 Å². The van der Waals surface area contributed by atoms with Crippen molar-refractivity contribution >= 4 is 24.1 Å². The van der Waals surface area contributed by atoms with Crippen LogP contribution >= 0.6 is 0 Å². The molecule has 0 saturated carbocycles. The highest BCUT2D eigenvalue weighted by Gasteiger charge is 2.33. The molecule has 10 nitrogen and oxygen atoms in total. The molecule has 0 fully saturated rings. The van der Waals surface area contributed by atoms with Gasteiger partial charge < -0.3 is 38.3 Å². The second-order valence-corrected chi connectivity index (χ2v) is 18.2. The van der Waals surface area contributed by atoms with E-state index in [1.54, 1.807) is 118 Å². The Morgan fingerprint density at radius 2 is 0.812 bits per heavy atom. The summed E-state index contributed by atoms with van der Waals surface area (Å²) in [6.07, 6.45) is -3.49. The number of para-hydroxylation sites is 2. The number of carbonyl (C=O) groups excluding carboxylic acids is 1. The molecule has 8 aromatic rings. The van der Waals surface area contributed by atoms with Crippen LogP contribution < -0.4 is 28.4 Å². The SMILES string of the molecule is CCOC(=O)/C=C/c1ccc(Oc2cc(C)cc(Oc3ccc(C(F)(F)F)cc3Oc3ccccc3C)c2)cc1C.Cc1cc(Oc2ccc(/C=C/C(=O)O)c(C)c2)cc(Oc2ccc(C(F)(F)F)cc2Oc2ccccc2C)c1. The fourth-order valence-electron chi connectivity index (χ4n) is 7.77. The summed E-state index contributed by atoms with van der Waals surface area (Å²) < 4.78 is 122. The molecular formula is C64H54F6O10. The monoisotopic (exact) mass is 1100 g/mol. The summed E-state index contributed by atoms with van der Waals surface area (Å²) in [7, 11) is 0. The number of hydrogen-bond donors (Lipinski definition) is 1. The first-order valence-electron chi connectivity index (χ1n) is 24.8. The molecule has 80 heavy (non-hydrogen) atoms. The Hall–Kier alpha value is -9.44. The van der Waals surface area contributed by atoms with Crippen LogP contribution in [0.15, 0.2) is 170 Å². The minimum atomic E-state index is -4.55. The molecule has 0 spiro atoms. The highest BCUT2D eigenvalue weighted by Crippen LogP contribution is 2.44. The zero-order valence-corrected chi connectivity index (χ0v) is 44.4. The number of carboxylic acids is 1. The molecule has 16 heteroatoms. The van der Waals surface area contributed by atoms with Gasteiger partial charge in [-0.2, -0.15) is 26.3 Å². The molecule has 1 N–H and O–H groups in total. The Labute approximate surface area is 458 Å². The molecule has 0 aromatic heterocycles. The van der Waals surface area contributed by atoms with Crippen molar-refractivity contribution in [1.29, 1.82) is 0 Å². The number of aryl methyl sites for hydroxylation is 6. The van der Waals surface area contributed by atoms with Gasteiger partial charge in [-0.1, -0.05) is 48.5 Å². The van der Waals surface area contributed by atoms with Gasteiger partial charge in [-0.3, -0.25) is 0 Å². The molecule has 8 rings (SSSR count). The minimum absolute atomic E-state index is 0.0693. The second-order valence-electron chi connectivity index (χ2n) is 18.2. The van der Waals surface area contributed by atoms with Gasteiger partial charge in [0.2, 0.25) is 0 Å². The summed E-state index contributed by atoms with van der Waals surface area (Å²) in [5.74, 6) is 2.16. The Morgan fingerprint density at radius 1 is 0.412 bits per heavy atom. The molecule has 0 aliphatic rings. The summed E-state index contributed by atoms with van der Waals surface area (Å²) in [4.78, 5) is 22.4. The topological polar surface area (TPSA) is 119 Å². The Morgan fingerprint density at radius 3 is 1.19 bits per heavy atom. The van der Waals surface area contributed by atoms with Crippen LogP contribution in [0.25, 0.3) is 12.2 Å². The lowest BCUT2D eigenvalue weighted by molar-refractivity contribution is -0.138. The van der Waals surface area contributed by atoms with Gasteiger partial charge in [0.25, 0.3) is 0 Å². The van der Waals surface area contributed by atoms with Crippen molar-refractivity contribution in [2.45, 2.75) is 60.8 Å². The van der Waals surface area contributed by atoms with Gasteiger partial charge in [0.15, 0.2) is 23.0 Å². The van der Waals surface area contributed by atoms with Gasteiger partial charge in [-0.05, 0) is 202 Å². The van der Waals surface area contributed by atoms with Crippen molar-refractivity contribution in [2.75, 3.05) is 6.61 Å². The second kappa shape index (κ2) is 25.8. The van der Waals surface area contributed by atoms with E-state index in [0.717, 1.165) is 74.8 Å². The number of hydrogen-bond acceptors (Lipinski definition) is 9. The maximum absolute atomic E-state index is 13.5. The molecule has 0 unspecified atom stereocenters. The van der Waals surface area contributed by atoms with Crippen molar-refractivity contribution in [2.24, 2.45) is 0 Å². The van der Waals surface area contributed by atoms with Crippen molar-refractivity contribution in [3.05, 3.63) is 226 Å². The molecule has 0 bridgehead atoms. The van der Waals surface area contributed by atoms with Crippen molar-refractivity contribution in [3.63, 3.8) is 0 Å². The van der Waals surface area contributed by atoms with Gasteiger partial charge in [0, 0.05) is 24.3 Å². The van der Waals surface area contributed by atoms with Crippen LogP contribution in [0.3, 0.4) is 0 Å². The first kappa shape index (κ1) is 58.2. The van der Waals surface area contributed by atoms with Crippen molar-refractivity contribution < 1.29 is 74.2 Å². The number of halogens is 6. The fraction of sp³-hybridized carbons (Fsp3) is 0.156. The third-order valence-corrected chi connectivity index (χ3v) is 11.7. The van der Waals surface area contributed by atoms with Gasteiger partial charge in [-0.25, -0.2) is 9.59 Å². The number of alkyl halides is 6. The number of esters is 1. The van der Waals surface area contributed by atoms with Crippen LogP contribution in [-0.2, 0) is 26.7 Å². The zero-order chi connectivity index (χ0) is 57.7. The average Bonchev–Trinajstić information content (AvgIpc) is 3.37. The average molecular weight is 1100 g/mol. The summed E-state index contributed by atoms with van der Waals surface area (Å²) >= 11 is 0. The third kappa shape index (κ3) is 16.5. The van der Waals surface area contributed by atoms with Gasteiger partial charge in [0.1, 0.15) is 46.0 Å². The molecule has 412 valence electrons. The third-order valence-electron chi connectivity index (χ3n) is 11.7. The molecule has 0 aliphatic heterocycles. The molecule has 0 heterocycles. The molecule has 8 aromatic carbocycles. The van der Waals surface area contributed by atoms with Crippen LogP contribution in [-0.4, -0.2) is 23.7 Å². The Balaban J connectivity index is 0.000000231. The first-order valence-corrected chi connectivity index (χ1v) is 24.8. The van der Waals surface area contributed by atoms with E-state index in [9.17, 15) is 35.9 Å². The lowest BCUT2D eigenvalue weighted by atomic mass is 10.1. The Bertz CT molecular complexity index is 3580. The quantitative estimate of drug-likeness (QED) is 0.0536. The molecule has 0 aliphatic carbocycles. The highest BCUT2D eigenvalue weighted by molar-refractivity contribution is 5.87. The van der Waals surface area contributed by atoms with E-state index in [2.05, 4.69) is 0 Å². The number of benzene rings is 8. The number of rotatable bonds is 17. The predicted octanol–water partition coefficient (Wildman–Crippen LogP) is 18.7. The molecule has 0 atom stereocenters. The normalized spacial score (nSPS) is 11.4. The van der Waals surface area contributed by atoms with E-state index in [1.165, 1.54) is 24.3 Å². The number of carbonyl (C=O) groups is 2.